The average Bonchev–Trinajstić information content (AvgIpc) is 3.32. The number of benzene rings is 2. The summed E-state index contributed by atoms with van der Waals surface area (Å²) >= 11 is 0. The van der Waals surface area contributed by atoms with Crippen LogP contribution in [-0.4, -0.2) is 49.9 Å². The van der Waals surface area contributed by atoms with Gasteiger partial charge in [-0.25, -0.2) is 4.90 Å². The minimum absolute atomic E-state index is 0.0401. The first-order valence-corrected chi connectivity index (χ1v) is 9.08. The van der Waals surface area contributed by atoms with Gasteiger partial charge in [0.05, 0.1) is 26.3 Å². The molecule has 4 rings (SSSR count). The van der Waals surface area contributed by atoms with Crippen LogP contribution in [0.5, 0.6) is 17.2 Å². The van der Waals surface area contributed by atoms with Crippen molar-refractivity contribution < 1.29 is 33.6 Å². The molecule has 11 nitrogen and oxygen atoms in total. The van der Waals surface area contributed by atoms with Crippen LogP contribution in [0, 0.1) is 16.0 Å². The molecule has 31 heavy (non-hydrogen) atoms. The van der Waals surface area contributed by atoms with Gasteiger partial charge < -0.3 is 19.0 Å². The van der Waals surface area contributed by atoms with Crippen molar-refractivity contribution in [1.82, 2.24) is 0 Å². The van der Waals surface area contributed by atoms with Crippen LogP contribution in [-0.2, 0) is 14.4 Å². The lowest BCUT2D eigenvalue weighted by Gasteiger charge is -2.18. The molecule has 11 heteroatoms. The number of fused-ring (bicyclic) bond motifs is 1. The fourth-order valence-corrected chi connectivity index (χ4v) is 3.69. The fourth-order valence-electron chi connectivity index (χ4n) is 3.69. The molecule has 0 aliphatic carbocycles. The maximum absolute atomic E-state index is 13.3. The number of anilines is 1. The highest BCUT2D eigenvalue weighted by Gasteiger charge is 2.57. The van der Waals surface area contributed by atoms with Gasteiger partial charge in [-0.05, 0) is 18.2 Å². The van der Waals surface area contributed by atoms with Gasteiger partial charge in [0.1, 0.15) is 23.1 Å². The number of non-ortho nitro benzene ring substituents is 1. The highest BCUT2D eigenvalue weighted by molar-refractivity contribution is 6.33. The van der Waals surface area contributed by atoms with Gasteiger partial charge in [0.25, 0.3) is 11.6 Å². The second-order valence-corrected chi connectivity index (χ2v) is 6.65. The van der Waals surface area contributed by atoms with E-state index >= 15 is 0 Å². The fraction of sp³-hybridized carbons (Fsp3) is 0.250. The normalized spacial score (nSPS) is 19.6. The third kappa shape index (κ3) is 3.01. The third-order valence-electron chi connectivity index (χ3n) is 5.11. The molecule has 2 aliphatic heterocycles. The molecule has 0 aromatic heterocycles. The monoisotopic (exact) mass is 427 g/mol. The van der Waals surface area contributed by atoms with Gasteiger partial charge in [0.15, 0.2) is 11.5 Å². The van der Waals surface area contributed by atoms with Crippen molar-refractivity contribution in [2.75, 3.05) is 26.2 Å². The quantitative estimate of drug-likeness (QED) is 0.388. The number of ether oxygens (including phenoxy) is 3. The van der Waals surface area contributed by atoms with E-state index in [4.69, 9.17) is 19.0 Å². The summed E-state index contributed by atoms with van der Waals surface area (Å²) in [5.74, 6) is -1.52. The molecule has 1 saturated heterocycles. The van der Waals surface area contributed by atoms with Gasteiger partial charge in [-0.3, -0.25) is 19.7 Å². The van der Waals surface area contributed by atoms with E-state index in [9.17, 15) is 19.7 Å². The van der Waals surface area contributed by atoms with E-state index in [1.807, 2.05) is 0 Å². The van der Waals surface area contributed by atoms with E-state index in [2.05, 4.69) is 5.16 Å². The molecule has 0 saturated carbocycles. The molecule has 0 radical (unpaired) electrons. The molecule has 2 amide bonds. The van der Waals surface area contributed by atoms with E-state index in [-0.39, 0.29) is 22.8 Å². The Morgan fingerprint density at radius 3 is 2.42 bits per heavy atom. The first-order valence-electron chi connectivity index (χ1n) is 9.08. The Labute approximate surface area is 175 Å². The van der Waals surface area contributed by atoms with Gasteiger partial charge in [0, 0.05) is 17.7 Å². The van der Waals surface area contributed by atoms with Gasteiger partial charge in [-0.15, -0.1) is 0 Å². The van der Waals surface area contributed by atoms with Gasteiger partial charge >= 0.3 is 0 Å². The third-order valence-corrected chi connectivity index (χ3v) is 5.11. The Bertz CT molecular complexity index is 1130. The van der Waals surface area contributed by atoms with Crippen LogP contribution < -0.4 is 19.1 Å². The first-order chi connectivity index (χ1) is 14.9. The second-order valence-electron chi connectivity index (χ2n) is 6.65. The highest BCUT2D eigenvalue weighted by Crippen LogP contribution is 2.42. The number of rotatable bonds is 6. The van der Waals surface area contributed by atoms with Gasteiger partial charge in [-0.1, -0.05) is 11.2 Å². The zero-order chi connectivity index (χ0) is 22.3. The molecule has 0 N–H and O–H groups in total. The molecule has 2 atom stereocenters. The molecule has 2 heterocycles. The van der Waals surface area contributed by atoms with Crippen LogP contribution in [0.1, 0.15) is 5.56 Å². The number of nitro groups is 1. The van der Waals surface area contributed by atoms with Crippen LogP contribution in [0.15, 0.2) is 41.6 Å². The predicted octanol–water partition coefficient (Wildman–Crippen LogP) is 1.91. The van der Waals surface area contributed by atoms with Crippen LogP contribution in [0.3, 0.4) is 0 Å². The molecule has 2 aliphatic rings. The Kier molecular flexibility index (Phi) is 4.93. The summed E-state index contributed by atoms with van der Waals surface area (Å²) in [5, 5.41) is 15.2. The molecule has 1 fully saturated rings. The lowest BCUT2D eigenvalue weighted by atomic mass is 9.93. The van der Waals surface area contributed by atoms with Gasteiger partial charge in [0.2, 0.25) is 12.0 Å². The van der Waals surface area contributed by atoms with E-state index < -0.39 is 28.8 Å². The lowest BCUT2D eigenvalue weighted by Crippen LogP contribution is -2.33. The number of methoxy groups -OCH3 is 3. The number of hydrogen-bond donors (Lipinski definition) is 0. The zero-order valence-electron chi connectivity index (χ0n) is 16.7. The number of carbonyl (C=O) groups excluding carboxylic acids is 2. The van der Waals surface area contributed by atoms with Crippen molar-refractivity contribution in [2.24, 2.45) is 11.1 Å². The number of amides is 2. The number of nitrogens with zero attached hydrogens (tertiary/aromatic N) is 3. The number of imide groups is 1. The van der Waals surface area contributed by atoms with E-state index in [1.54, 1.807) is 18.2 Å². The predicted molar refractivity (Wildman–Crippen MR) is 107 cm³/mol. The van der Waals surface area contributed by atoms with Crippen molar-refractivity contribution >= 4 is 28.9 Å². The lowest BCUT2D eigenvalue weighted by molar-refractivity contribution is -0.384. The zero-order valence-corrected chi connectivity index (χ0v) is 16.7. The Balaban J connectivity index is 1.78. The average molecular weight is 427 g/mol. The molecule has 160 valence electrons. The summed E-state index contributed by atoms with van der Waals surface area (Å²) in [5.41, 5.74) is 0.300. The standard InChI is InChI=1S/C20H17N3O8/c1-28-13-8-7-10(23(26)27)9-12(13)22-19(24)15-16(21-31-18(15)20(22)25)11-5-4-6-14(29-2)17(11)30-3/h4-9,15,18H,1-3H3/t15-,18-/m0/s1. The first kappa shape index (κ1) is 20.1. The van der Waals surface area contributed by atoms with Crippen molar-refractivity contribution in [2.45, 2.75) is 6.10 Å². The highest BCUT2D eigenvalue weighted by atomic mass is 16.7. The minimum atomic E-state index is -1.21. The largest absolute Gasteiger partial charge is 0.495 e. The van der Waals surface area contributed by atoms with Crippen molar-refractivity contribution in [3.8, 4) is 17.2 Å². The summed E-state index contributed by atoms with van der Waals surface area (Å²) in [6, 6.07) is 8.69. The summed E-state index contributed by atoms with van der Waals surface area (Å²) < 4.78 is 15.9. The summed E-state index contributed by atoms with van der Waals surface area (Å²) in [6.07, 6.45) is -1.21. The SMILES string of the molecule is COc1ccc([N+](=O)[O-])cc1N1C(=O)[C@H]2C(c3cccc(OC)c3OC)=NO[C@@H]2C1=O. The molecular formula is C20H17N3O8. The van der Waals surface area contributed by atoms with Crippen molar-refractivity contribution in [3.05, 3.63) is 52.1 Å². The number of para-hydroxylation sites is 1. The topological polar surface area (TPSA) is 130 Å². The van der Waals surface area contributed by atoms with Crippen molar-refractivity contribution in [3.63, 3.8) is 0 Å². The van der Waals surface area contributed by atoms with Crippen LogP contribution in [0.25, 0.3) is 0 Å². The smallest absolute Gasteiger partial charge is 0.279 e. The molecular weight excluding hydrogens is 410 g/mol. The summed E-state index contributed by atoms with van der Waals surface area (Å²) in [7, 11) is 4.25. The Morgan fingerprint density at radius 1 is 1.03 bits per heavy atom. The number of carbonyl (C=O) groups is 2. The van der Waals surface area contributed by atoms with Crippen LogP contribution >= 0.6 is 0 Å². The number of hydrogen-bond acceptors (Lipinski definition) is 9. The van der Waals surface area contributed by atoms with E-state index in [0.29, 0.717) is 17.1 Å². The number of oxime groups is 1. The van der Waals surface area contributed by atoms with Crippen molar-refractivity contribution in [1.29, 1.82) is 0 Å². The maximum Gasteiger partial charge on any atom is 0.279 e. The maximum atomic E-state index is 13.3. The van der Waals surface area contributed by atoms with E-state index in [1.165, 1.54) is 33.5 Å². The van der Waals surface area contributed by atoms with Gasteiger partial charge in [-0.2, -0.15) is 0 Å². The molecule has 0 spiro atoms. The molecule has 2 aromatic carbocycles. The number of nitro benzene ring substituents is 1. The Morgan fingerprint density at radius 2 is 1.77 bits per heavy atom. The Hall–Kier alpha value is -4.15. The molecule has 0 unspecified atom stereocenters. The molecule has 0 bridgehead atoms. The summed E-state index contributed by atoms with van der Waals surface area (Å²) in [4.78, 5) is 43.1. The minimum Gasteiger partial charge on any atom is -0.495 e. The molecule has 2 aromatic rings. The van der Waals surface area contributed by atoms with E-state index in [0.717, 1.165) is 11.0 Å². The second kappa shape index (κ2) is 7.59. The van der Waals surface area contributed by atoms with Crippen LogP contribution in [0.2, 0.25) is 0 Å². The summed E-state index contributed by atoms with van der Waals surface area (Å²) in [6.45, 7) is 0. The van der Waals surface area contributed by atoms with Crippen LogP contribution in [0.4, 0.5) is 11.4 Å².